The molecule has 2 nitrogen and oxygen atoms in total. The zero-order valence-corrected chi connectivity index (χ0v) is 12.5. The number of benzene rings is 1. The molecule has 2 unspecified atom stereocenters. The predicted molar refractivity (Wildman–Crippen MR) is 80.4 cm³/mol. The van der Waals surface area contributed by atoms with E-state index in [0.29, 0.717) is 6.04 Å². The van der Waals surface area contributed by atoms with Gasteiger partial charge in [-0.3, -0.25) is 0 Å². The molecule has 0 saturated heterocycles. The van der Waals surface area contributed by atoms with Gasteiger partial charge < -0.3 is 10.1 Å². The highest BCUT2D eigenvalue weighted by atomic mass is 16.5. The fraction of sp³-hybridized carbons (Fsp3) is 0.647. The van der Waals surface area contributed by atoms with Gasteiger partial charge in [-0.15, -0.1) is 0 Å². The molecule has 1 aliphatic rings. The van der Waals surface area contributed by atoms with E-state index >= 15 is 0 Å². The Labute approximate surface area is 117 Å². The van der Waals surface area contributed by atoms with Crippen LogP contribution in [0.1, 0.15) is 45.6 Å². The van der Waals surface area contributed by atoms with Crippen molar-refractivity contribution in [2.75, 3.05) is 6.61 Å². The molecule has 0 amide bonds. The molecule has 1 N–H and O–H groups in total. The van der Waals surface area contributed by atoms with Gasteiger partial charge in [0.2, 0.25) is 0 Å². The third kappa shape index (κ3) is 3.97. The molecule has 1 saturated carbocycles. The first kappa shape index (κ1) is 14.4. The van der Waals surface area contributed by atoms with Crippen LogP contribution in [-0.4, -0.2) is 12.6 Å². The van der Waals surface area contributed by atoms with Crippen molar-refractivity contribution < 1.29 is 4.74 Å². The maximum Gasteiger partial charge on any atom is 0.119 e. The first-order valence-electron chi connectivity index (χ1n) is 7.65. The van der Waals surface area contributed by atoms with Crippen molar-refractivity contribution in [2.24, 2.45) is 11.8 Å². The summed E-state index contributed by atoms with van der Waals surface area (Å²) in [6.45, 7) is 8.46. The SMILES string of the molecule is CCOc1cccc(CNC2C(C)CCCC2C)c1. The van der Waals surface area contributed by atoms with E-state index in [1.54, 1.807) is 0 Å². The summed E-state index contributed by atoms with van der Waals surface area (Å²) in [5.74, 6) is 2.56. The first-order valence-corrected chi connectivity index (χ1v) is 7.65. The highest BCUT2D eigenvalue weighted by molar-refractivity contribution is 5.28. The van der Waals surface area contributed by atoms with E-state index in [1.807, 2.05) is 13.0 Å². The van der Waals surface area contributed by atoms with Gasteiger partial charge >= 0.3 is 0 Å². The summed E-state index contributed by atoms with van der Waals surface area (Å²) in [4.78, 5) is 0. The highest BCUT2D eigenvalue weighted by Gasteiger charge is 2.26. The molecule has 2 atom stereocenters. The monoisotopic (exact) mass is 261 g/mol. The van der Waals surface area contributed by atoms with Crippen LogP contribution in [0.2, 0.25) is 0 Å². The number of hydrogen-bond acceptors (Lipinski definition) is 2. The van der Waals surface area contributed by atoms with Crippen LogP contribution >= 0.6 is 0 Å². The van der Waals surface area contributed by atoms with Gasteiger partial charge in [0, 0.05) is 12.6 Å². The largest absolute Gasteiger partial charge is 0.494 e. The molecule has 0 bridgehead atoms. The van der Waals surface area contributed by atoms with Crippen molar-refractivity contribution >= 4 is 0 Å². The molecule has 0 spiro atoms. The summed E-state index contributed by atoms with van der Waals surface area (Å²) in [6, 6.07) is 9.08. The third-order valence-electron chi connectivity index (χ3n) is 4.30. The second-order valence-corrected chi connectivity index (χ2v) is 5.87. The number of hydrogen-bond donors (Lipinski definition) is 1. The van der Waals surface area contributed by atoms with Crippen molar-refractivity contribution in [2.45, 2.75) is 52.6 Å². The molecule has 1 aliphatic carbocycles. The molecule has 0 aromatic heterocycles. The zero-order chi connectivity index (χ0) is 13.7. The summed E-state index contributed by atoms with van der Waals surface area (Å²) < 4.78 is 5.55. The summed E-state index contributed by atoms with van der Waals surface area (Å²) in [7, 11) is 0. The quantitative estimate of drug-likeness (QED) is 0.865. The van der Waals surface area contributed by atoms with Crippen LogP contribution in [0.4, 0.5) is 0 Å². The van der Waals surface area contributed by atoms with E-state index in [4.69, 9.17) is 4.74 Å². The van der Waals surface area contributed by atoms with Gasteiger partial charge in [-0.2, -0.15) is 0 Å². The topological polar surface area (TPSA) is 21.3 Å². The summed E-state index contributed by atoms with van der Waals surface area (Å²) in [5, 5.41) is 3.75. The van der Waals surface area contributed by atoms with Crippen LogP contribution in [-0.2, 0) is 6.54 Å². The summed E-state index contributed by atoms with van der Waals surface area (Å²) >= 11 is 0. The number of ether oxygens (including phenoxy) is 1. The minimum Gasteiger partial charge on any atom is -0.494 e. The first-order chi connectivity index (χ1) is 9.20. The van der Waals surface area contributed by atoms with Gasteiger partial charge in [0.15, 0.2) is 0 Å². The lowest BCUT2D eigenvalue weighted by molar-refractivity contribution is 0.207. The Morgan fingerprint density at radius 1 is 1.21 bits per heavy atom. The van der Waals surface area contributed by atoms with Crippen LogP contribution in [0.25, 0.3) is 0 Å². The minimum absolute atomic E-state index is 0.657. The predicted octanol–water partition coefficient (Wildman–Crippen LogP) is 4.00. The molecule has 0 aliphatic heterocycles. The van der Waals surface area contributed by atoms with E-state index in [-0.39, 0.29) is 0 Å². The maximum absolute atomic E-state index is 5.55. The van der Waals surface area contributed by atoms with Crippen molar-refractivity contribution in [1.82, 2.24) is 5.32 Å². The van der Waals surface area contributed by atoms with E-state index < -0.39 is 0 Å². The molecular weight excluding hydrogens is 234 g/mol. The average Bonchev–Trinajstić information content (AvgIpc) is 2.39. The lowest BCUT2D eigenvalue weighted by atomic mass is 9.78. The Balaban J connectivity index is 1.92. The molecule has 0 radical (unpaired) electrons. The third-order valence-corrected chi connectivity index (χ3v) is 4.30. The zero-order valence-electron chi connectivity index (χ0n) is 12.5. The maximum atomic E-state index is 5.55. The van der Waals surface area contributed by atoms with Crippen LogP contribution in [0.5, 0.6) is 5.75 Å². The Morgan fingerprint density at radius 3 is 2.63 bits per heavy atom. The smallest absolute Gasteiger partial charge is 0.119 e. The Kier molecular flexibility index (Phi) is 5.26. The van der Waals surface area contributed by atoms with Crippen LogP contribution < -0.4 is 10.1 Å². The summed E-state index contributed by atoms with van der Waals surface area (Å²) in [5.41, 5.74) is 1.32. The molecule has 1 aromatic carbocycles. The molecule has 19 heavy (non-hydrogen) atoms. The molecule has 0 heterocycles. The summed E-state index contributed by atoms with van der Waals surface area (Å²) in [6.07, 6.45) is 4.11. The Hall–Kier alpha value is -1.02. The van der Waals surface area contributed by atoms with Gasteiger partial charge in [-0.05, 0) is 49.3 Å². The molecule has 1 aromatic rings. The molecule has 1 fully saturated rings. The normalized spacial score (nSPS) is 27.2. The van der Waals surface area contributed by atoms with Crippen molar-refractivity contribution in [3.63, 3.8) is 0 Å². The van der Waals surface area contributed by atoms with Crippen LogP contribution in [0.3, 0.4) is 0 Å². The molecule has 2 heteroatoms. The second-order valence-electron chi connectivity index (χ2n) is 5.87. The lowest BCUT2D eigenvalue weighted by Crippen LogP contribution is -2.42. The number of nitrogens with one attached hydrogen (secondary N) is 1. The van der Waals surface area contributed by atoms with E-state index in [0.717, 1.165) is 30.7 Å². The van der Waals surface area contributed by atoms with Gasteiger partial charge in [0.25, 0.3) is 0 Å². The van der Waals surface area contributed by atoms with Crippen molar-refractivity contribution in [3.8, 4) is 5.75 Å². The van der Waals surface area contributed by atoms with Gasteiger partial charge in [0.1, 0.15) is 5.75 Å². The second kappa shape index (κ2) is 6.95. The standard InChI is InChI=1S/C17H27NO/c1-4-19-16-10-6-9-15(11-16)12-18-17-13(2)7-5-8-14(17)3/h6,9-11,13-14,17-18H,4-5,7-8,12H2,1-3H3. The highest BCUT2D eigenvalue weighted by Crippen LogP contribution is 2.29. The van der Waals surface area contributed by atoms with Crippen LogP contribution in [0, 0.1) is 11.8 Å². The van der Waals surface area contributed by atoms with Crippen molar-refractivity contribution in [1.29, 1.82) is 0 Å². The fourth-order valence-electron chi connectivity index (χ4n) is 3.23. The van der Waals surface area contributed by atoms with Gasteiger partial charge in [-0.25, -0.2) is 0 Å². The Morgan fingerprint density at radius 2 is 1.95 bits per heavy atom. The lowest BCUT2D eigenvalue weighted by Gasteiger charge is -2.35. The Bertz CT molecular complexity index is 381. The van der Waals surface area contributed by atoms with E-state index in [1.165, 1.54) is 24.8 Å². The molecule has 106 valence electrons. The number of rotatable bonds is 5. The molecular formula is C17H27NO. The molecule has 2 rings (SSSR count). The van der Waals surface area contributed by atoms with Gasteiger partial charge in [0.05, 0.1) is 6.61 Å². The van der Waals surface area contributed by atoms with E-state index in [9.17, 15) is 0 Å². The van der Waals surface area contributed by atoms with Crippen molar-refractivity contribution in [3.05, 3.63) is 29.8 Å². The minimum atomic E-state index is 0.657. The van der Waals surface area contributed by atoms with Gasteiger partial charge in [-0.1, -0.05) is 32.4 Å². The fourth-order valence-corrected chi connectivity index (χ4v) is 3.23. The van der Waals surface area contributed by atoms with Crippen LogP contribution in [0.15, 0.2) is 24.3 Å². The average molecular weight is 261 g/mol. The van der Waals surface area contributed by atoms with E-state index in [2.05, 4.69) is 37.4 Å².